The molecule has 0 aliphatic carbocycles. The van der Waals surface area contributed by atoms with Gasteiger partial charge in [-0.15, -0.1) is 0 Å². The molecule has 0 amide bonds. The first-order valence-electron chi connectivity index (χ1n) is 8.53. The van der Waals surface area contributed by atoms with Crippen molar-refractivity contribution in [3.05, 3.63) is 18.2 Å². The second-order valence-corrected chi connectivity index (χ2v) is 10.3. The predicted molar refractivity (Wildman–Crippen MR) is 101 cm³/mol. The molecule has 3 aliphatic heterocycles. The van der Waals surface area contributed by atoms with Gasteiger partial charge >= 0.3 is 0 Å². The maximum Gasteiger partial charge on any atom is 0.231 e. The highest BCUT2D eigenvalue weighted by atomic mass is 32.2. The fourth-order valence-corrected chi connectivity index (χ4v) is 6.56. The number of thioether (sulfide) groups is 1. The molecule has 0 unspecified atom stereocenters. The molecule has 8 heteroatoms. The lowest BCUT2D eigenvalue weighted by atomic mass is 10.1. The van der Waals surface area contributed by atoms with Crippen LogP contribution in [0.25, 0.3) is 0 Å². The monoisotopic (exact) mass is 382 g/mol. The molecule has 2 atom stereocenters. The first-order valence-corrected chi connectivity index (χ1v) is 11.3. The Morgan fingerprint density at radius 3 is 2.88 bits per heavy atom. The summed E-state index contributed by atoms with van der Waals surface area (Å²) in [4.78, 5) is 6.83. The standard InChI is InChI=1S/C17H22N2O4S2/c1-11(2)5-6-24-17-18-13-8-25(20,21)9-14(13)19(17)12-3-4-15-16(7-12)23-10-22-15/h3-4,7,11,13-14H,5-6,8-10H2,1-2H3/t13-,14-/m1/s1. The van der Waals surface area contributed by atoms with Crippen LogP contribution in [0.5, 0.6) is 11.5 Å². The van der Waals surface area contributed by atoms with E-state index in [0.29, 0.717) is 11.7 Å². The molecule has 0 spiro atoms. The van der Waals surface area contributed by atoms with E-state index in [0.717, 1.165) is 28.8 Å². The summed E-state index contributed by atoms with van der Waals surface area (Å²) in [5, 5.41) is 0.921. The van der Waals surface area contributed by atoms with E-state index in [-0.39, 0.29) is 30.4 Å². The minimum atomic E-state index is -3.03. The Kier molecular flexibility index (Phi) is 4.35. The van der Waals surface area contributed by atoms with Gasteiger partial charge in [0.05, 0.1) is 23.6 Å². The van der Waals surface area contributed by atoms with Gasteiger partial charge in [-0.1, -0.05) is 25.6 Å². The molecular weight excluding hydrogens is 360 g/mol. The van der Waals surface area contributed by atoms with Gasteiger partial charge in [0.1, 0.15) is 0 Å². The molecule has 0 N–H and O–H groups in total. The molecule has 1 fully saturated rings. The van der Waals surface area contributed by atoms with Crippen molar-refractivity contribution >= 4 is 32.5 Å². The van der Waals surface area contributed by atoms with E-state index in [2.05, 4.69) is 18.7 Å². The minimum Gasteiger partial charge on any atom is -0.454 e. The van der Waals surface area contributed by atoms with Crippen molar-refractivity contribution in [1.82, 2.24) is 0 Å². The zero-order chi connectivity index (χ0) is 17.6. The number of sulfone groups is 1. The molecule has 1 saturated heterocycles. The molecule has 1 aromatic carbocycles. The first-order chi connectivity index (χ1) is 11.9. The van der Waals surface area contributed by atoms with Crippen LogP contribution in [0.2, 0.25) is 0 Å². The maximum atomic E-state index is 12.1. The van der Waals surface area contributed by atoms with Crippen LogP contribution in [0, 0.1) is 5.92 Å². The number of amidine groups is 1. The highest BCUT2D eigenvalue weighted by Gasteiger charge is 2.47. The van der Waals surface area contributed by atoms with Gasteiger partial charge in [-0.05, 0) is 24.5 Å². The van der Waals surface area contributed by atoms with Gasteiger partial charge in [-0.3, -0.25) is 4.99 Å². The zero-order valence-electron chi connectivity index (χ0n) is 14.3. The van der Waals surface area contributed by atoms with Crippen molar-refractivity contribution in [2.45, 2.75) is 32.4 Å². The molecular formula is C17H22N2O4S2. The third-order valence-corrected chi connectivity index (χ3v) is 7.37. The van der Waals surface area contributed by atoms with Gasteiger partial charge in [0, 0.05) is 17.5 Å². The van der Waals surface area contributed by atoms with Crippen LogP contribution in [0.1, 0.15) is 20.3 Å². The van der Waals surface area contributed by atoms with Gasteiger partial charge in [0.15, 0.2) is 26.5 Å². The number of benzene rings is 1. The molecule has 0 bridgehead atoms. The van der Waals surface area contributed by atoms with Crippen molar-refractivity contribution in [2.75, 3.05) is 29.0 Å². The highest BCUT2D eigenvalue weighted by molar-refractivity contribution is 8.14. The lowest BCUT2D eigenvalue weighted by Crippen LogP contribution is -2.39. The molecule has 25 heavy (non-hydrogen) atoms. The average Bonchev–Trinajstić information content (AvgIpc) is 3.17. The Balaban J connectivity index is 1.62. The Morgan fingerprint density at radius 1 is 1.28 bits per heavy atom. The van der Waals surface area contributed by atoms with Gasteiger partial charge < -0.3 is 14.4 Å². The summed E-state index contributed by atoms with van der Waals surface area (Å²) in [5.74, 6) is 3.34. The van der Waals surface area contributed by atoms with Crippen LogP contribution in [-0.2, 0) is 9.84 Å². The van der Waals surface area contributed by atoms with Crippen molar-refractivity contribution in [2.24, 2.45) is 10.9 Å². The zero-order valence-corrected chi connectivity index (χ0v) is 16.0. The van der Waals surface area contributed by atoms with Crippen molar-refractivity contribution in [3.63, 3.8) is 0 Å². The topological polar surface area (TPSA) is 68.2 Å². The quantitative estimate of drug-likeness (QED) is 0.797. The van der Waals surface area contributed by atoms with Crippen LogP contribution >= 0.6 is 11.8 Å². The second kappa shape index (κ2) is 6.39. The fraction of sp³-hybridized carbons (Fsp3) is 0.588. The van der Waals surface area contributed by atoms with E-state index in [1.165, 1.54) is 0 Å². The summed E-state index contributed by atoms with van der Waals surface area (Å²) >= 11 is 1.71. The summed E-state index contributed by atoms with van der Waals surface area (Å²) in [7, 11) is -3.03. The molecule has 136 valence electrons. The molecule has 0 saturated carbocycles. The second-order valence-electron chi connectivity index (χ2n) is 7.06. The molecule has 3 heterocycles. The summed E-state index contributed by atoms with van der Waals surface area (Å²) in [6.07, 6.45) is 1.10. The first kappa shape index (κ1) is 17.0. The number of hydrogen-bond donors (Lipinski definition) is 0. The predicted octanol–water partition coefficient (Wildman–Crippen LogP) is 2.54. The van der Waals surface area contributed by atoms with Crippen molar-refractivity contribution < 1.29 is 17.9 Å². The minimum absolute atomic E-state index is 0.119. The third kappa shape index (κ3) is 3.33. The van der Waals surface area contributed by atoms with Crippen molar-refractivity contribution in [3.8, 4) is 11.5 Å². The maximum absolute atomic E-state index is 12.1. The Hall–Kier alpha value is -1.41. The molecule has 0 radical (unpaired) electrons. The van der Waals surface area contributed by atoms with Gasteiger partial charge in [-0.2, -0.15) is 0 Å². The summed E-state index contributed by atoms with van der Waals surface area (Å²) < 4.78 is 35.0. The van der Waals surface area contributed by atoms with E-state index < -0.39 is 9.84 Å². The lowest BCUT2D eigenvalue weighted by Gasteiger charge is -2.26. The Labute approximate surface area is 152 Å². The smallest absolute Gasteiger partial charge is 0.231 e. The largest absolute Gasteiger partial charge is 0.454 e. The van der Waals surface area contributed by atoms with Gasteiger partial charge in [0.25, 0.3) is 0 Å². The van der Waals surface area contributed by atoms with Crippen LogP contribution in [0.4, 0.5) is 5.69 Å². The van der Waals surface area contributed by atoms with E-state index >= 15 is 0 Å². The number of fused-ring (bicyclic) bond motifs is 2. The number of anilines is 1. The van der Waals surface area contributed by atoms with E-state index in [4.69, 9.17) is 14.5 Å². The van der Waals surface area contributed by atoms with Crippen molar-refractivity contribution in [1.29, 1.82) is 0 Å². The Morgan fingerprint density at radius 2 is 2.08 bits per heavy atom. The number of rotatable bonds is 4. The average molecular weight is 383 g/mol. The van der Waals surface area contributed by atoms with E-state index in [1.54, 1.807) is 11.8 Å². The summed E-state index contributed by atoms with van der Waals surface area (Å²) in [6.45, 7) is 4.63. The SMILES string of the molecule is CC(C)CCSC1=N[C@@H]2CS(=O)(=O)C[C@H]2N1c1ccc2c(c1)OCO2. The van der Waals surface area contributed by atoms with Crippen LogP contribution in [0.3, 0.4) is 0 Å². The number of hydrogen-bond acceptors (Lipinski definition) is 7. The van der Waals surface area contributed by atoms with Crippen LogP contribution in [-0.4, -0.2) is 49.7 Å². The molecule has 6 nitrogen and oxygen atoms in total. The van der Waals surface area contributed by atoms with E-state index in [9.17, 15) is 8.42 Å². The van der Waals surface area contributed by atoms with Gasteiger partial charge in [-0.25, -0.2) is 8.42 Å². The highest BCUT2D eigenvalue weighted by Crippen LogP contribution is 2.40. The lowest BCUT2D eigenvalue weighted by molar-refractivity contribution is 0.174. The van der Waals surface area contributed by atoms with Crippen LogP contribution < -0.4 is 14.4 Å². The fourth-order valence-electron chi connectivity index (χ4n) is 3.36. The molecule has 0 aromatic heterocycles. The summed E-state index contributed by atoms with van der Waals surface area (Å²) in [6, 6.07) is 5.47. The number of aliphatic imine (C=N–C) groups is 1. The van der Waals surface area contributed by atoms with Crippen LogP contribution in [0.15, 0.2) is 23.2 Å². The van der Waals surface area contributed by atoms with E-state index in [1.807, 2.05) is 18.2 Å². The van der Waals surface area contributed by atoms with Gasteiger partial charge in [0.2, 0.25) is 6.79 Å². The number of nitrogens with zero attached hydrogens (tertiary/aromatic N) is 2. The molecule has 1 aromatic rings. The normalized spacial score (nSPS) is 26.2. The Bertz CT molecular complexity index is 807. The molecule has 3 aliphatic rings. The number of ether oxygens (including phenoxy) is 2. The summed E-state index contributed by atoms with van der Waals surface area (Å²) in [5.41, 5.74) is 0.921. The third-order valence-electron chi connectivity index (χ3n) is 4.67. The molecule has 4 rings (SSSR count).